The monoisotopic (exact) mass is 320 g/mol. The molecule has 0 unspecified atom stereocenters. The summed E-state index contributed by atoms with van der Waals surface area (Å²) in [5.74, 6) is -0.797. The first kappa shape index (κ1) is 14.0. The van der Waals surface area contributed by atoms with Gasteiger partial charge in [0.15, 0.2) is 5.82 Å². The summed E-state index contributed by atoms with van der Waals surface area (Å²) in [5, 5.41) is -0.0936. The third-order valence-electron chi connectivity index (χ3n) is 2.20. The summed E-state index contributed by atoms with van der Waals surface area (Å²) in [5.41, 5.74) is -0.231. The minimum atomic E-state index is -4.08. The maximum atomic E-state index is 13.4. The normalized spacial score (nSPS) is 11.3. The van der Waals surface area contributed by atoms with Crippen molar-refractivity contribution in [2.75, 3.05) is 4.72 Å². The molecule has 0 fully saturated rings. The van der Waals surface area contributed by atoms with Crippen LogP contribution in [0.4, 0.5) is 10.1 Å². The number of pyridine rings is 1. The van der Waals surface area contributed by atoms with Crippen LogP contribution in [-0.2, 0) is 10.0 Å². The van der Waals surface area contributed by atoms with Crippen LogP contribution in [0.1, 0.15) is 0 Å². The second-order valence-electron chi connectivity index (χ2n) is 3.51. The van der Waals surface area contributed by atoms with Crippen molar-refractivity contribution >= 4 is 38.9 Å². The smallest absolute Gasteiger partial charge is 0.264 e. The highest BCUT2D eigenvalue weighted by Crippen LogP contribution is 2.30. The van der Waals surface area contributed by atoms with Gasteiger partial charge in [0.25, 0.3) is 10.0 Å². The molecule has 0 radical (unpaired) electrons. The van der Waals surface area contributed by atoms with Crippen molar-refractivity contribution in [3.63, 3.8) is 0 Å². The van der Waals surface area contributed by atoms with Gasteiger partial charge in [-0.3, -0.25) is 9.71 Å². The lowest BCUT2D eigenvalue weighted by Gasteiger charge is -2.11. The molecule has 0 bridgehead atoms. The first-order chi connectivity index (χ1) is 8.92. The highest BCUT2D eigenvalue weighted by Gasteiger charge is 2.22. The Balaban J connectivity index is 2.47. The van der Waals surface area contributed by atoms with Gasteiger partial charge in [0.05, 0.1) is 21.9 Å². The minimum absolute atomic E-state index is 0.0468. The zero-order valence-corrected chi connectivity index (χ0v) is 11.6. The quantitative estimate of drug-likeness (QED) is 0.943. The van der Waals surface area contributed by atoms with Gasteiger partial charge in [0.1, 0.15) is 4.90 Å². The number of aromatic nitrogens is 1. The van der Waals surface area contributed by atoms with E-state index in [1.807, 2.05) is 0 Å². The topological polar surface area (TPSA) is 59.1 Å². The maximum Gasteiger partial charge on any atom is 0.264 e. The molecule has 0 amide bonds. The highest BCUT2D eigenvalue weighted by molar-refractivity contribution is 7.93. The first-order valence-corrected chi connectivity index (χ1v) is 7.22. The first-order valence-electron chi connectivity index (χ1n) is 4.98. The van der Waals surface area contributed by atoms with E-state index in [1.165, 1.54) is 30.5 Å². The summed E-state index contributed by atoms with van der Waals surface area (Å²) in [6.07, 6.45) is 2.15. The molecule has 1 N–H and O–H groups in total. The van der Waals surface area contributed by atoms with Crippen LogP contribution in [-0.4, -0.2) is 13.4 Å². The Morgan fingerprint density at radius 1 is 1.16 bits per heavy atom. The SMILES string of the molecule is O=S(=O)(Nc1ccncc1F)c1c(Cl)cccc1Cl. The lowest BCUT2D eigenvalue weighted by molar-refractivity contribution is 0.598. The molecule has 0 aliphatic heterocycles. The van der Waals surface area contributed by atoms with Gasteiger partial charge in [-0.05, 0) is 18.2 Å². The van der Waals surface area contributed by atoms with Crippen molar-refractivity contribution in [3.05, 3.63) is 52.5 Å². The summed E-state index contributed by atoms with van der Waals surface area (Å²) >= 11 is 11.6. The van der Waals surface area contributed by atoms with Crippen LogP contribution < -0.4 is 4.72 Å². The Morgan fingerprint density at radius 3 is 2.37 bits per heavy atom. The molecule has 1 heterocycles. The van der Waals surface area contributed by atoms with Crippen LogP contribution in [0.3, 0.4) is 0 Å². The Morgan fingerprint density at radius 2 is 1.79 bits per heavy atom. The Kier molecular flexibility index (Phi) is 3.93. The molecule has 0 aliphatic carbocycles. The van der Waals surface area contributed by atoms with Crippen LogP contribution in [0.5, 0.6) is 0 Å². The molecule has 8 heteroatoms. The van der Waals surface area contributed by atoms with Crippen molar-refractivity contribution in [1.29, 1.82) is 0 Å². The molecule has 4 nitrogen and oxygen atoms in total. The second-order valence-corrected chi connectivity index (χ2v) is 5.95. The molecule has 0 saturated carbocycles. The van der Waals surface area contributed by atoms with Gasteiger partial charge in [0.2, 0.25) is 0 Å². The molecule has 0 saturated heterocycles. The lowest BCUT2D eigenvalue weighted by Crippen LogP contribution is -2.15. The zero-order valence-electron chi connectivity index (χ0n) is 9.27. The molecule has 0 aliphatic rings. The summed E-state index contributed by atoms with van der Waals surface area (Å²) in [4.78, 5) is 3.22. The maximum absolute atomic E-state index is 13.4. The highest BCUT2D eigenvalue weighted by atomic mass is 35.5. The summed E-state index contributed by atoms with van der Waals surface area (Å²) in [6.45, 7) is 0. The van der Waals surface area contributed by atoms with E-state index in [-0.39, 0.29) is 20.6 Å². The minimum Gasteiger partial charge on any atom is -0.276 e. The van der Waals surface area contributed by atoms with Crippen LogP contribution in [0.15, 0.2) is 41.6 Å². The Labute approximate surface area is 119 Å². The number of nitrogens with one attached hydrogen (secondary N) is 1. The number of halogens is 3. The van der Waals surface area contributed by atoms with Gasteiger partial charge in [-0.1, -0.05) is 29.3 Å². The van der Waals surface area contributed by atoms with Crippen molar-refractivity contribution in [3.8, 4) is 0 Å². The van der Waals surface area contributed by atoms with E-state index in [0.29, 0.717) is 0 Å². The predicted molar refractivity (Wildman–Crippen MR) is 71.5 cm³/mol. The number of anilines is 1. The van der Waals surface area contributed by atoms with Gasteiger partial charge in [0, 0.05) is 6.20 Å². The molecule has 1 aromatic heterocycles. The fraction of sp³-hybridized carbons (Fsp3) is 0. The summed E-state index contributed by atoms with van der Waals surface area (Å²) in [7, 11) is -4.08. The van der Waals surface area contributed by atoms with E-state index in [2.05, 4.69) is 9.71 Å². The summed E-state index contributed by atoms with van der Waals surface area (Å²) < 4.78 is 39.7. The van der Waals surface area contributed by atoms with E-state index >= 15 is 0 Å². The third kappa shape index (κ3) is 2.97. The molecule has 100 valence electrons. The van der Waals surface area contributed by atoms with Gasteiger partial charge in [-0.25, -0.2) is 12.8 Å². The van der Waals surface area contributed by atoms with Crippen LogP contribution in [0.2, 0.25) is 10.0 Å². The van der Waals surface area contributed by atoms with Crippen molar-refractivity contribution < 1.29 is 12.8 Å². The third-order valence-corrected chi connectivity index (χ3v) is 4.52. The van der Waals surface area contributed by atoms with Crippen molar-refractivity contribution in [2.24, 2.45) is 0 Å². The van der Waals surface area contributed by atoms with Gasteiger partial charge < -0.3 is 0 Å². The number of nitrogens with zero attached hydrogens (tertiary/aromatic N) is 1. The van der Waals surface area contributed by atoms with Gasteiger partial charge >= 0.3 is 0 Å². The van der Waals surface area contributed by atoms with Crippen molar-refractivity contribution in [2.45, 2.75) is 4.90 Å². The number of hydrogen-bond acceptors (Lipinski definition) is 3. The van der Waals surface area contributed by atoms with E-state index < -0.39 is 15.8 Å². The fourth-order valence-electron chi connectivity index (χ4n) is 1.39. The fourth-order valence-corrected chi connectivity index (χ4v) is 3.61. The molecular formula is C11H7Cl2FN2O2S. The van der Waals surface area contributed by atoms with E-state index in [9.17, 15) is 12.8 Å². The Hall–Kier alpha value is -1.37. The van der Waals surface area contributed by atoms with Gasteiger partial charge in [-0.15, -0.1) is 0 Å². The lowest BCUT2D eigenvalue weighted by atomic mass is 10.4. The van der Waals surface area contributed by atoms with Crippen LogP contribution in [0, 0.1) is 5.82 Å². The molecule has 1 aromatic carbocycles. The molecule has 0 atom stereocenters. The molecular weight excluding hydrogens is 314 g/mol. The van der Waals surface area contributed by atoms with E-state index in [4.69, 9.17) is 23.2 Å². The van der Waals surface area contributed by atoms with Gasteiger partial charge in [-0.2, -0.15) is 0 Å². The van der Waals surface area contributed by atoms with E-state index in [1.54, 1.807) is 0 Å². The average molecular weight is 321 g/mol. The van der Waals surface area contributed by atoms with Crippen molar-refractivity contribution in [1.82, 2.24) is 4.98 Å². The number of sulfonamides is 1. The van der Waals surface area contributed by atoms with Crippen LogP contribution >= 0.6 is 23.2 Å². The molecule has 2 aromatic rings. The van der Waals surface area contributed by atoms with Crippen LogP contribution in [0.25, 0.3) is 0 Å². The number of hydrogen-bond donors (Lipinski definition) is 1. The number of benzene rings is 1. The zero-order chi connectivity index (χ0) is 14.0. The molecule has 0 spiro atoms. The molecule has 19 heavy (non-hydrogen) atoms. The average Bonchev–Trinajstić information content (AvgIpc) is 2.31. The van der Waals surface area contributed by atoms with E-state index in [0.717, 1.165) is 6.20 Å². The standard InChI is InChI=1S/C11H7Cl2FN2O2S/c12-7-2-1-3-8(13)11(7)19(17,18)16-10-4-5-15-6-9(10)14/h1-6H,(H,15,16). The summed E-state index contributed by atoms with van der Waals surface area (Å²) in [6, 6.07) is 5.46. The molecule has 2 rings (SSSR count). The largest absolute Gasteiger partial charge is 0.276 e. The number of rotatable bonds is 3. The predicted octanol–water partition coefficient (Wildman–Crippen LogP) is 3.33. The Bertz CT molecular complexity index is 702. The second kappa shape index (κ2) is 5.32.